The number of fused-ring (bicyclic) bond motifs is 2. The molecule has 2 aliphatic heterocycles. The average molecular weight is 523 g/mol. The number of unbranched alkanes of at least 4 members (excludes halogenated alkanes) is 1. The maximum Gasteiger partial charge on any atom is 0.408 e. The van der Waals surface area contributed by atoms with E-state index in [9.17, 15) is 9.59 Å². The number of hydrogen-bond acceptors (Lipinski definition) is 7. The number of aryl methyl sites for hydroxylation is 1. The zero-order chi connectivity index (χ0) is 25.6. The second-order valence-electron chi connectivity index (χ2n) is 9.42. The molecule has 3 heterocycles. The molecular weight excluding hydrogens is 488 g/mol. The Bertz CT molecular complexity index is 1240. The van der Waals surface area contributed by atoms with E-state index in [-0.39, 0.29) is 12.6 Å². The lowest BCUT2D eigenvalue weighted by Crippen LogP contribution is -2.46. The first-order valence-corrected chi connectivity index (χ1v) is 13.8. The van der Waals surface area contributed by atoms with E-state index in [0.717, 1.165) is 62.6 Å². The van der Waals surface area contributed by atoms with Gasteiger partial charge in [-0.15, -0.1) is 11.3 Å². The Hall–Kier alpha value is -3.30. The molecule has 2 aromatic carbocycles. The Morgan fingerprint density at radius 1 is 1.03 bits per heavy atom. The standard InChI is InChI=1S/C28H34N4O4S/c1-29-28(34)36-20-32-25-19-22(9-7-21(25)8-10-27(32)33)35-17-3-2-12-30-13-15-31(16-14-30)24-5-4-6-26-23(24)11-18-37-26/h4-7,9,11,18-19H,2-3,8,10,12-17,20H2,1H3,(H,29,34). The number of hydrogen-bond donors (Lipinski definition) is 1. The maximum atomic E-state index is 12.4. The molecule has 5 rings (SSSR count). The van der Waals surface area contributed by atoms with Crippen LogP contribution in [0.15, 0.2) is 47.8 Å². The lowest BCUT2D eigenvalue weighted by atomic mass is 10.0. The van der Waals surface area contributed by atoms with Crippen molar-refractivity contribution < 1.29 is 19.1 Å². The molecule has 1 fully saturated rings. The third-order valence-corrected chi connectivity index (χ3v) is 7.99. The molecule has 8 nitrogen and oxygen atoms in total. The topological polar surface area (TPSA) is 74.3 Å². The molecule has 9 heteroatoms. The molecule has 2 amide bonds. The van der Waals surface area contributed by atoms with E-state index in [2.05, 4.69) is 44.8 Å². The molecule has 2 aliphatic rings. The predicted molar refractivity (Wildman–Crippen MR) is 148 cm³/mol. The SMILES string of the molecule is CNC(=O)OCN1C(=O)CCc2ccc(OCCCCN3CCN(c4cccc5sccc45)CC3)cc21. The Morgan fingerprint density at radius 3 is 2.73 bits per heavy atom. The third-order valence-electron chi connectivity index (χ3n) is 7.11. The zero-order valence-corrected chi connectivity index (χ0v) is 22.1. The van der Waals surface area contributed by atoms with E-state index < -0.39 is 6.09 Å². The summed E-state index contributed by atoms with van der Waals surface area (Å²) in [4.78, 5) is 30.5. The Morgan fingerprint density at radius 2 is 1.89 bits per heavy atom. The number of piperazine rings is 1. The highest BCUT2D eigenvalue weighted by atomic mass is 32.1. The largest absolute Gasteiger partial charge is 0.494 e. The van der Waals surface area contributed by atoms with Crippen LogP contribution in [0.1, 0.15) is 24.8 Å². The molecule has 0 spiro atoms. The Balaban J connectivity index is 1.06. The molecular formula is C28H34N4O4S. The summed E-state index contributed by atoms with van der Waals surface area (Å²) in [6, 6.07) is 14.7. The summed E-state index contributed by atoms with van der Waals surface area (Å²) >= 11 is 1.80. The van der Waals surface area contributed by atoms with Crippen LogP contribution in [0.25, 0.3) is 10.1 Å². The molecule has 37 heavy (non-hydrogen) atoms. The molecule has 0 atom stereocenters. The van der Waals surface area contributed by atoms with Crippen LogP contribution >= 0.6 is 11.3 Å². The van der Waals surface area contributed by atoms with Crippen molar-refractivity contribution in [2.24, 2.45) is 0 Å². The number of benzene rings is 2. The fourth-order valence-corrected chi connectivity index (χ4v) is 5.85. The van der Waals surface area contributed by atoms with Crippen LogP contribution in [-0.2, 0) is 16.0 Å². The van der Waals surface area contributed by atoms with E-state index >= 15 is 0 Å². The maximum absolute atomic E-state index is 12.4. The van der Waals surface area contributed by atoms with Gasteiger partial charge in [0, 0.05) is 61.5 Å². The van der Waals surface area contributed by atoms with Crippen LogP contribution in [0.5, 0.6) is 5.75 Å². The first kappa shape index (κ1) is 25.4. The Labute approximate surface area is 221 Å². The summed E-state index contributed by atoms with van der Waals surface area (Å²) in [6.45, 7) is 5.86. The van der Waals surface area contributed by atoms with Crippen molar-refractivity contribution in [1.82, 2.24) is 10.2 Å². The quantitative estimate of drug-likeness (QED) is 0.418. The Kier molecular flexibility index (Phi) is 8.11. The van der Waals surface area contributed by atoms with Gasteiger partial charge in [-0.3, -0.25) is 14.6 Å². The first-order chi connectivity index (χ1) is 18.1. The van der Waals surface area contributed by atoms with Crippen LogP contribution in [-0.4, -0.2) is 70.0 Å². The molecule has 0 unspecified atom stereocenters. The smallest absolute Gasteiger partial charge is 0.408 e. The predicted octanol–water partition coefficient (Wildman–Crippen LogP) is 4.48. The fraction of sp³-hybridized carbons (Fsp3) is 0.429. The van der Waals surface area contributed by atoms with Gasteiger partial charge in [-0.2, -0.15) is 0 Å². The van der Waals surface area contributed by atoms with Crippen molar-refractivity contribution in [3.63, 3.8) is 0 Å². The first-order valence-electron chi connectivity index (χ1n) is 13.0. The summed E-state index contributed by atoms with van der Waals surface area (Å²) in [7, 11) is 1.49. The number of alkyl carbamates (subject to hydrolysis) is 1. The molecule has 0 saturated carbocycles. The van der Waals surface area contributed by atoms with Crippen molar-refractivity contribution in [3.8, 4) is 5.75 Å². The minimum Gasteiger partial charge on any atom is -0.494 e. The van der Waals surface area contributed by atoms with E-state index in [0.29, 0.717) is 19.4 Å². The summed E-state index contributed by atoms with van der Waals surface area (Å²) in [5.41, 5.74) is 3.17. The van der Waals surface area contributed by atoms with Gasteiger partial charge in [0.05, 0.1) is 12.3 Å². The molecule has 0 bridgehead atoms. The van der Waals surface area contributed by atoms with Crippen molar-refractivity contribution >= 4 is 44.8 Å². The van der Waals surface area contributed by atoms with Gasteiger partial charge in [-0.05, 0) is 61.0 Å². The van der Waals surface area contributed by atoms with Gasteiger partial charge in [0.2, 0.25) is 5.91 Å². The number of thiophene rings is 1. The second kappa shape index (κ2) is 11.8. The highest BCUT2D eigenvalue weighted by Crippen LogP contribution is 2.32. The van der Waals surface area contributed by atoms with Gasteiger partial charge in [0.15, 0.2) is 6.73 Å². The number of ether oxygens (including phenoxy) is 2. The van der Waals surface area contributed by atoms with Gasteiger partial charge in [-0.1, -0.05) is 12.1 Å². The van der Waals surface area contributed by atoms with Crippen molar-refractivity contribution in [2.45, 2.75) is 25.7 Å². The summed E-state index contributed by atoms with van der Waals surface area (Å²) in [5, 5.41) is 5.95. The van der Waals surface area contributed by atoms with Crippen LogP contribution in [0.4, 0.5) is 16.2 Å². The van der Waals surface area contributed by atoms with Crippen LogP contribution < -0.4 is 19.9 Å². The highest BCUT2D eigenvalue weighted by molar-refractivity contribution is 7.17. The van der Waals surface area contributed by atoms with Crippen molar-refractivity contribution in [3.05, 3.63) is 53.4 Å². The average Bonchev–Trinajstić information content (AvgIpc) is 3.42. The zero-order valence-electron chi connectivity index (χ0n) is 21.3. The molecule has 1 aromatic heterocycles. The van der Waals surface area contributed by atoms with Gasteiger partial charge in [-0.25, -0.2) is 4.79 Å². The van der Waals surface area contributed by atoms with Crippen molar-refractivity contribution in [2.75, 3.05) is 62.9 Å². The molecule has 0 radical (unpaired) electrons. The van der Waals surface area contributed by atoms with Crippen LogP contribution in [0.3, 0.4) is 0 Å². The molecule has 3 aromatic rings. The number of rotatable bonds is 9. The monoisotopic (exact) mass is 522 g/mol. The fourth-order valence-electron chi connectivity index (χ4n) is 5.04. The minimum absolute atomic E-state index is 0.0549. The molecule has 1 N–H and O–H groups in total. The van der Waals surface area contributed by atoms with E-state index in [1.165, 1.54) is 27.7 Å². The highest BCUT2D eigenvalue weighted by Gasteiger charge is 2.25. The van der Waals surface area contributed by atoms with E-state index in [1.807, 2.05) is 18.2 Å². The number of carbonyl (C=O) groups is 2. The van der Waals surface area contributed by atoms with Gasteiger partial charge in [0.25, 0.3) is 0 Å². The number of nitrogens with one attached hydrogen (secondary N) is 1. The van der Waals surface area contributed by atoms with Crippen LogP contribution in [0, 0.1) is 0 Å². The van der Waals surface area contributed by atoms with Gasteiger partial charge >= 0.3 is 6.09 Å². The summed E-state index contributed by atoms with van der Waals surface area (Å²) in [6.07, 6.45) is 2.57. The van der Waals surface area contributed by atoms with Crippen LogP contribution in [0.2, 0.25) is 0 Å². The number of nitrogens with zero attached hydrogens (tertiary/aromatic N) is 3. The third kappa shape index (κ3) is 5.99. The minimum atomic E-state index is -0.562. The number of carbonyl (C=O) groups excluding carboxylic acids is 2. The summed E-state index contributed by atoms with van der Waals surface area (Å²) in [5.74, 6) is 0.676. The second-order valence-corrected chi connectivity index (χ2v) is 10.4. The normalized spacial score (nSPS) is 16.1. The number of anilines is 2. The van der Waals surface area contributed by atoms with E-state index in [1.54, 1.807) is 11.3 Å². The lowest BCUT2D eigenvalue weighted by molar-refractivity contribution is -0.119. The molecule has 1 saturated heterocycles. The van der Waals surface area contributed by atoms with E-state index in [4.69, 9.17) is 9.47 Å². The van der Waals surface area contributed by atoms with Crippen molar-refractivity contribution in [1.29, 1.82) is 0 Å². The summed E-state index contributed by atoms with van der Waals surface area (Å²) < 4.78 is 12.5. The molecule has 196 valence electrons. The molecule has 0 aliphatic carbocycles. The van der Waals surface area contributed by atoms with Gasteiger partial charge < -0.3 is 19.7 Å². The van der Waals surface area contributed by atoms with Gasteiger partial charge in [0.1, 0.15) is 5.75 Å². The lowest BCUT2D eigenvalue weighted by Gasteiger charge is -2.36. The number of amides is 2.